The number of hydrogen-bond acceptors (Lipinski definition) is 1. The number of carboxylic acids is 1. The first-order chi connectivity index (χ1) is 7.99. The third-order valence-electron chi connectivity index (χ3n) is 2.56. The van der Waals surface area contributed by atoms with E-state index in [0.29, 0.717) is 17.9 Å². The molecule has 0 bridgehead atoms. The van der Waals surface area contributed by atoms with Crippen LogP contribution >= 0.6 is 11.6 Å². The van der Waals surface area contributed by atoms with Crippen molar-refractivity contribution in [3.05, 3.63) is 46.5 Å². The van der Waals surface area contributed by atoms with Crippen LogP contribution in [0.4, 0.5) is 0 Å². The van der Waals surface area contributed by atoms with Gasteiger partial charge in [0.25, 0.3) is 0 Å². The van der Waals surface area contributed by atoms with E-state index in [2.05, 4.69) is 0 Å². The number of hydrogen-bond donors (Lipinski definition) is 1. The summed E-state index contributed by atoms with van der Waals surface area (Å²) in [4.78, 5) is 11.1. The highest BCUT2D eigenvalue weighted by Gasteiger charge is 2.16. The number of aliphatic carboxylic acids is 1. The van der Waals surface area contributed by atoms with Crippen molar-refractivity contribution in [3.63, 3.8) is 0 Å². The van der Waals surface area contributed by atoms with Crippen LogP contribution < -0.4 is 0 Å². The summed E-state index contributed by atoms with van der Waals surface area (Å²) < 4.78 is 0. The lowest BCUT2D eigenvalue weighted by atomic mass is 9.95. The minimum atomic E-state index is -0.752. The monoisotopic (exact) mass is 252 g/mol. The molecular weight excluding hydrogens is 236 g/mol. The first kappa shape index (κ1) is 13.8. The molecule has 0 fully saturated rings. The number of allylic oxidation sites excluding steroid dienone is 2. The summed E-state index contributed by atoms with van der Waals surface area (Å²) in [5, 5.41) is 9.82. The highest BCUT2D eigenvalue weighted by molar-refractivity contribution is 6.30. The van der Waals surface area contributed by atoms with Crippen LogP contribution in [0.2, 0.25) is 5.02 Å². The van der Waals surface area contributed by atoms with E-state index in [1.807, 2.05) is 32.1 Å². The predicted octanol–water partition coefficient (Wildman–Crippen LogP) is 3.94. The van der Waals surface area contributed by atoms with E-state index < -0.39 is 5.97 Å². The average molecular weight is 253 g/mol. The fourth-order valence-electron chi connectivity index (χ4n) is 1.55. The Morgan fingerprint density at radius 2 is 1.94 bits per heavy atom. The fourth-order valence-corrected chi connectivity index (χ4v) is 1.68. The Kier molecular flexibility index (Phi) is 5.23. The van der Waals surface area contributed by atoms with Crippen LogP contribution in [0.1, 0.15) is 25.8 Å². The second-order valence-corrected chi connectivity index (χ2v) is 4.82. The Bertz CT molecular complexity index is 403. The summed E-state index contributed by atoms with van der Waals surface area (Å²) in [5.74, 6) is -1.12. The topological polar surface area (TPSA) is 37.3 Å². The van der Waals surface area contributed by atoms with Gasteiger partial charge in [0.2, 0.25) is 0 Å². The van der Waals surface area contributed by atoms with Crippen molar-refractivity contribution in [3.8, 4) is 0 Å². The van der Waals surface area contributed by atoms with E-state index in [9.17, 15) is 4.79 Å². The van der Waals surface area contributed by atoms with Gasteiger partial charge in [0.15, 0.2) is 0 Å². The van der Waals surface area contributed by atoms with Crippen LogP contribution in [0, 0.1) is 5.92 Å². The molecule has 17 heavy (non-hydrogen) atoms. The number of carbonyl (C=O) groups is 1. The minimum absolute atomic E-state index is 0.369. The maximum absolute atomic E-state index is 11.1. The molecule has 0 aromatic heterocycles. The molecule has 92 valence electrons. The molecule has 1 atom stereocenters. The van der Waals surface area contributed by atoms with Gasteiger partial charge in [-0.3, -0.25) is 4.79 Å². The van der Waals surface area contributed by atoms with Crippen LogP contribution in [-0.2, 0) is 11.2 Å². The summed E-state index contributed by atoms with van der Waals surface area (Å²) in [5.41, 5.74) is 2.15. The number of benzene rings is 1. The van der Waals surface area contributed by atoms with Crippen LogP contribution in [0.15, 0.2) is 35.9 Å². The van der Waals surface area contributed by atoms with Gasteiger partial charge in [-0.05, 0) is 44.4 Å². The Morgan fingerprint density at radius 1 is 1.35 bits per heavy atom. The van der Waals surface area contributed by atoms with Gasteiger partial charge in [-0.15, -0.1) is 0 Å². The van der Waals surface area contributed by atoms with Crippen molar-refractivity contribution in [1.82, 2.24) is 0 Å². The van der Waals surface area contributed by atoms with Gasteiger partial charge in [0.1, 0.15) is 0 Å². The minimum Gasteiger partial charge on any atom is -0.481 e. The lowest BCUT2D eigenvalue weighted by Gasteiger charge is -2.10. The van der Waals surface area contributed by atoms with Crippen LogP contribution in [0.3, 0.4) is 0 Å². The van der Waals surface area contributed by atoms with Gasteiger partial charge in [0, 0.05) is 5.02 Å². The number of halogens is 1. The second-order valence-electron chi connectivity index (χ2n) is 4.38. The Hall–Kier alpha value is -1.28. The molecule has 0 aliphatic rings. The van der Waals surface area contributed by atoms with E-state index in [1.54, 1.807) is 12.1 Å². The highest BCUT2D eigenvalue weighted by Crippen LogP contribution is 2.17. The predicted molar refractivity (Wildman–Crippen MR) is 70.3 cm³/mol. The lowest BCUT2D eigenvalue weighted by molar-refractivity contribution is -0.141. The smallest absolute Gasteiger partial charge is 0.307 e. The number of carboxylic acid groups (broad SMARTS) is 1. The van der Waals surface area contributed by atoms with Crippen molar-refractivity contribution >= 4 is 17.6 Å². The molecule has 0 saturated carbocycles. The SMILES string of the molecule is CC(C)=CC[C@@H](Cc1ccc(Cl)cc1)C(=O)O. The van der Waals surface area contributed by atoms with Gasteiger partial charge in [-0.2, -0.15) is 0 Å². The summed E-state index contributed by atoms with van der Waals surface area (Å²) in [6.07, 6.45) is 3.07. The molecule has 2 nitrogen and oxygen atoms in total. The van der Waals surface area contributed by atoms with Gasteiger partial charge < -0.3 is 5.11 Å². The van der Waals surface area contributed by atoms with E-state index >= 15 is 0 Å². The summed E-state index contributed by atoms with van der Waals surface area (Å²) in [6.45, 7) is 3.95. The zero-order valence-corrected chi connectivity index (χ0v) is 10.9. The largest absolute Gasteiger partial charge is 0.481 e. The second kappa shape index (κ2) is 6.45. The molecule has 3 heteroatoms. The van der Waals surface area contributed by atoms with Crippen molar-refractivity contribution < 1.29 is 9.90 Å². The molecule has 0 unspecified atom stereocenters. The molecule has 1 rings (SSSR count). The molecule has 1 N–H and O–H groups in total. The number of rotatable bonds is 5. The highest BCUT2D eigenvalue weighted by atomic mass is 35.5. The van der Waals surface area contributed by atoms with Crippen LogP contribution in [0.5, 0.6) is 0 Å². The lowest BCUT2D eigenvalue weighted by Crippen LogP contribution is -2.15. The Morgan fingerprint density at radius 3 is 2.41 bits per heavy atom. The Balaban J connectivity index is 2.70. The zero-order valence-electron chi connectivity index (χ0n) is 10.1. The molecule has 1 aromatic rings. The van der Waals surface area contributed by atoms with E-state index in [-0.39, 0.29) is 5.92 Å². The van der Waals surface area contributed by atoms with Gasteiger partial charge in [0.05, 0.1) is 5.92 Å². The fraction of sp³-hybridized carbons (Fsp3) is 0.357. The third kappa shape index (κ3) is 5.05. The van der Waals surface area contributed by atoms with Crippen LogP contribution in [0.25, 0.3) is 0 Å². The van der Waals surface area contributed by atoms with Crippen molar-refractivity contribution in [2.24, 2.45) is 5.92 Å². The third-order valence-corrected chi connectivity index (χ3v) is 2.81. The van der Waals surface area contributed by atoms with E-state index in [1.165, 1.54) is 0 Å². The maximum atomic E-state index is 11.1. The van der Waals surface area contributed by atoms with E-state index in [4.69, 9.17) is 16.7 Å². The van der Waals surface area contributed by atoms with Gasteiger partial charge in [-0.25, -0.2) is 0 Å². The molecule has 0 aliphatic carbocycles. The Labute approximate surface area is 107 Å². The molecule has 0 radical (unpaired) electrons. The standard InChI is InChI=1S/C14H17ClO2/c1-10(2)3-6-12(14(16)17)9-11-4-7-13(15)8-5-11/h3-5,7-8,12H,6,9H2,1-2H3,(H,16,17)/t12-/m0/s1. The molecule has 0 saturated heterocycles. The maximum Gasteiger partial charge on any atom is 0.307 e. The van der Waals surface area contributed by atoms with Crippen molar-refractivity contribution in [2.75, 3.05) is 0 Å². The molecule has 0 spiro atoms. The quantitative estimate of drug-likeness (QED) is 0.806. The normalized spacial score (nSPS) is 11.9. The molecule has 1 aromatic carbocycles. The molecule has 0 amide bonds. The molecular formula is C14H17ClO2. The van der Waals surface area contributed by atoms with Gasteiger partial charge in [-0.1, -0.05) is 35.4 Å². The van der Waals surface area contributed by atoms with E-state index in [0.717, 1.165) is 11.1 Å². The summed E-state index contributed by atoms with van der Waals surface area (Å²) in [7, 11) is 0. The molecule has 0 aliphatic heterocycles. The molecule has 0 heterocycles. The zero-order chi connectivity index (χ0) is 12.8. The first-order valence-corrected chi connectivity index (χ1v) is 5.97. The summed E-state index contributed by atoms with van der Waals surface area (Å²) >= 11 is 5.79. The van der Waals surface area contributed by atoms with Gasteiger partial charge >= 0.3 is 5.97 Å². The van der Waals surface area contributed by atoms with Crippen molar-refractivity contribution in [2.45, 2.75) is 26.7 Å². The first-order valence-electron chi connectivity index (χ1n) is 5.59. The summed E-state index contributed by atoms with van der Waals surface area (Å²) in [6, 6.07) is 7.33. The van der Waals surface area contributed by atoms with Crippen molar-refractivity contribution in [1.29, 1.82) is 0 Å². The average Bonchev–Trinajstić information content (AvgIpc) is 2.26. The van der Waals surface area contributed by atoms with Crippen LogP contribution in [-0.4, -0.2) is 11.1 Å².